The first-order chi connectivity index (χ1) is 24.8. The van der Waals surface area contributed by atoms with Gasteiger partial charge in [0.15, 0.2) is 16.6 Å². The third-order valence-electron chi connectivity index (χ3n) is 7.37. The number of aromatic nitrogens is 1. The molecule has 0 amide bonds. The van der Waals surface area contributed by atoms with Crippen molar-refractivity contribution in [1.29, 1.82) is 10.5 Å². The SMILES string of the molecule is Cc1c(C#N)c(Nc2ccccc2)nc(Nc2ccccc2)c1N=Nc1sc(N=Nc2ccc3c(S(=O)(=O)O)cc(S(=O)(=O)O)cc3c2)cc1C#N. The van der Waals surface area contributed by atoms with E-state index in [2.05, 4.69) is 42.1 Å². The number of nitrogens with one attached hydrogen (secondary N) is 2. The minimum Gasteiger partial charge on any atom is -0.339 e. The highest BCUT2D eigenvalue weighted by Crippen LogP contribution is 2.41. The predicted molar refractivity (Wildman–Crippen MR) is 194 cm³/mol. The van der Waals surface area contributed by atoms with Gasteiger partial charge in [0.1, 0.15) is 27.7 Å². The van der Waals surface area contributed by atoms with Crippen LogP contribution in [0.2, 0.25) is 0 Å². The number of hydrogen-bond donors (Lipinski definition) is 4. The van der Waals surface area contributed by atoms with Crippen LogP contribution in [0.25, 0.3) is 10.8 Å². The molecule has 0 atom stereocenters. The summed E-state index contributed by atoms with van der Waals surface area (Å²) in [6.07, 6.45) is 0. The first-order valence-electron chi connectivity index (χ1n) is 14.8. The fourth-order valence-corrected chi connectivity index (χ4v) is 7.05. The van der Waals surface area contributed by atoms with Crippen LogP contribution >= 0.6 is 11.3 Å². The molecule has 52 heavy (non-hydrogen) atoms. The van der Waals surface area contributed by atoms with Gasteiger partial charge in [-0.15, -0.1) is 20.5 Å². The molecule has 0 saturated carbocycles. The van der Waals surface area contributed by atoms with Crippen molar-refractivity contribution in [2.45, 2.75) is 16.7 Å². The Balaban J connectivity index is 1.36. The highest BCUT2D eigenvalue weighted by atomic mass is 32.2. The second kappa shape index (κ2) is 14.4. The molecule has 0 aliphatic carbocycles. The molecule has 18 heteroatoms. The van der Waals surface area contributed by atoms with Crippen LogP contribution in [0.15, 0.2) is 127 Å². The molecule has 0 bridgehead atoms. The van der Waals surface area contributed by atoms with Gasteiger partial charge in [0.2, 0.25) is 0 Å². The summed E-state index contributed by atoms with van der Waals surface area (Å²) >= 11 is 0.982. The van der Waals surface area contributed by atoms with Crippen molar-refractivity contribution in [3.05, 3.63) is 114 Å². The van der Waals surface area contributed by atoms with Gasteiger partial charge in [-0.1, -0.05) is 53.8 Å². The van der Waals surface area contributed by atoms with E-state index >= 15 is 0 Å². The third kappa shape index (κ3) is 7.81. The predicted octanol–water partition coefficient (Wildman–Crippen LogP) is 9.16. The lowest BCUT2D eigenvalue weighted by atomic mass is 10.1. The first kappa shape index (κ1) is 35.4. The molecule has 0 aliphatic heterocycles. The number of thiophene rings is 1. The monoisotopic (exact) mass is 749 g/mol. The quantitative estimate of drug-likeness (QED) is 0.0759. The number of hydrogen-bond acceptors (Lipinski definition) is 14. The Hall–Kier alpha value is -6.41. The molecule has 0 saturated heterocycles. The zero-order valence-electron chi connectivity index (χ0n) is 26.6. The number of nitriles is 2. The number of anilines is 4. The summed E-state index contributed by atoms with van der Waals surface area (Å²) in [4.78, 5) is 3.23. The van der Waals surface area contributed by atoms with Crippen LogP contribution in [0.4, 0.5) is 44.4 Å². The van der Waals surface area contributed by atoms with Crippen LogP contribution in [0.1, 0.15) is 16.7 Å². The van der Waals surface area contributed by atoms with Crippen LogP contribution in [0, 0.1) is 29.6 Å². The number of nitrogens with zero attached hydrogens (tertiary/aromatic N) is 7. The van der Waals surface area contributed by atoms with E-state index in [4.69, 9.17) is 0 Å². The van der Waals surface area contributed by atoms with Crippen LogP contribution in [0.3, 0.4) is 0 Å². The number of azo groups is 2. The highest BCUT2D eigenvalue weighted by Gasteiger charge is 2.21. The summed E-state index contributed by atoms with van der Waals surface area (Å²) in [6, 6.07) is 29.8. The second-order valence-electron chi connectivity index (χ2n) is 10.8. The topological polar surface area (TPSA) is 243 Å². The maximum atomic E-state index is 11.9. The van der Waals surface area contributed by atoms with E-state index in [1.165, 1.54) is 24.3 Å². The number of para-hydroxylation sites is 2. The molecule has 258 valence electrons. The number of benzene rings is 4. The van der Waals surface area contributed by atoms with Gasteiger partial charge < -0.3 is 10.6 Å². The Labute approximate surface area is 300 Å². The minimum atomic E-state index is -4.86. The molecule has 6 aromatic rings. The molecule has 0 spiro atoms. The van der Waals surface area contributed by atoms with Crippen molar-refractivity contribution < 1.29 is 25.9 Å². The number of rotatable bonds is 10. The summed E-state index contributed by atoms with van der Waals surface area (Å²) in [5.74, 6) is 0.600. The van der Waals surface area contributed by atoms with Crippen molar-refractivity contribution in [3.63, 3.8) is 0 Å². The molecular formula is C34H23N9O6S3. The lowest BCUT2D eigenvalue weighted by molar-refractivity contribution is 0.482. The largest absolute Gasteiger partial charge is 0.339 e. The van der Waals surface area contributed by atoms with Gasteiger partial charge in [-0.25, -0.2) is 4.98 Å². The molecule has 2 heterocycles. The molecule has 15 nitrogen and oxygen atoms in total. The summed E-state index contributed by atoms with van der Waals surface area (Å²) in [5.41, 5.74) is 2.67. The molecule has 6 rings (SSSR count). The van der Waals surface area contributed by atoms with Gasteiger partial charge in [0.05, 0.1) is 21.7 Å². The molecule has 0 radical (unpaired) electrons. The Bertz CT molecular complexity index is 2720. The third-order valence-corrected chi connectivity index (χ3v) is 10.0. The minimum absolute atomic E-state index is 0.0196. The molecule has 0 aliphatic rings. The standard InChI is InChI=1S/C34H23N9O6S3/c1-20-28(19-36)32(37-23-8-4-2-5-9-23)39-33(38-24-10-6-3-7-11-24)31(20)42-43-34-22(18-35)16-30(50-34)41-40-25-12-13-27-21(14-25)15-26(51(44,45)46)17-29(27)52(47,48)49/h2-17H,1H3,(H2,37,38,39)(H,44,45,46)(H,47,48,49). The molecule has 4 N–H and O–H groups in total. The zero-order chi connectivity index (χ0) is 37.0. The fourth-order valence-electron chi connectivity index (χ4n) is 4.94. The van der Waals surface area contributed by atoms with E-state index in [1.54, 1.807) is 6.92 Å². The van der Waals surface area contributed by atoms with Crippen molar-refractivity contribution >= 4 is 86.7 Å². The summed E-state index contributed by atoms with van der Waals surface area (Å²) in [5, 5.41) is 43.8. The average Bonchev–Trinajstić information content (AvgIpc) is 3.52. The lowest BCUT2D eigenvalue weighted by Crippen LogP contribution is -2.04. The first-order valence-corrected chi connectivity index (χ1v) is 18.5. The van der Waals surface area contributed by atoms with Gasteiger partial charge in [0, 0.05) is 22.3 Å². The summed E-state index contributed by atoms with van der Waals surface area (Å²) in [7, 11) is -9.68. The Morgan fingerprint density at radius 2 is 1.38 bits per heavy atom. The zero-order valence-corrected chi connectivity index (χ0v) is 29.1. The Morgan fingerprint density at radius 1 is 0.731 bits per heavy atom. The van der Waals surface area contributed by atoms with Crippen molar-refractivity contribution in [2.24, 2.45) is 20.5 Å². The van der Waals surface area contributed by atoms with Crippen molar-refractivity contribution in [2.75, 3.05) is 10.6 Å². The maximum absolute atomic E-state index is 11.9. The van der Waals surface area contributed by atoms with E-state index in [0.717, 1.165) is 23.1 Å². The molecule has 2 aromatic heterocycles. The molecule has 0 fully saturated rings. The number of fused-ring (bicyclic) bond motifs is 1. The van der Waals surface area contributed by atoms with Gasteiger partial charge in [-0.3, -0.25) is 9.11 Å². The van der Waals surface area contributed by atoms with Crippen molar-refractivity contribution in [1.82, 2.24) is 4.98 Å². The molecule has 4 aromatic carbocycles. The van der Waals surface area contributed by atoms with E-state index in [9.17, 15) is 36.5 Å². The smallest absolute Gasteiger partial charge is 0.295 e. The number of pyridine rings is 1. The fraction of sp³-hybridized carbons (Fsp3) is 0.0294. The molecule has 0 unspecified atom stereocenters. The van der Waals surface area contributed by atoms with Gasteiger partial charge in [-0.05, 0) is 66.9 Å². The van der Waals surface area contributed by atoms with Gasteiger partial charge in [-0.2, -0.15) is 27.4 Å². The van der Waals surface area contributed by atoms with E-state index in [1.807, 2.05) is 66.7 Å². The van der Waals surface area contributed by atoms with Crippen LogP contribution < -0.4 is 10.6 Å². The van der Waals surface area contributed by atoms with Crippen LogP contribution in [0.5, 0.6) is 0 Å². The van der Waals surface area contributed by atoms with Crippen LogP contribution in [-0.2, 0) is 20.2 Å². The van der Waals surface area contributed by atoms with E-state index in [-0.39, 0.29) is 43.3 Å². The Kier molecular flexibility index (Phi) is 9.84. The molecular weight excluding hydrogens is 727 g/mol. The van der Waals surface area contributed by atoms with E-state index < -0.39 is 30.0 Å². The second-order valence-corrected chi connectivity index (χ2v) is 14.7. The van der Waals surface area contributed by atoms with Gasteiger partial charge >= 0.3 is 0 Å². The highest BCUT2D eigenvalue weighted by molar-refractivity contribution is 7.86. The van der Waals surface area contributed by atoms with Crippen LogP contribution in [-0.4, -0.2) is 30.9 Å². The van der Waals surface area contributed by atoms with E-state index in [0.29, 0.717) is 29.0 Å². The lowest BCUT2D eigenvalue weighted by Gasteiger charge is -2.15. The van der Waals surface area contributed by atoms with Gasteiger partial charge in [0.25, 0.3) is 20.2 Å². The Morgan fingerprint density at radius 3 is 1.98 bits per heavy atom. The maximum Gasteiger partial charge on any atom is 0.295 e. The summed E-state index contributed by atoms with van der Waals surface area (Å²) < 4.78 is 66.5. The average molecular weight is 750 g/mol. The normalized spacial score (nSPS) is 11.9. The van der Waals surface area contributed by atoms with Crippen molar-refractivity contribution in [3.8, 4) is 12.1 Å². The summed E-state index contributed by atoms with van der Waals surface area (Å²) in [6.45, 7) is 1.71.